The van der Waals surface area contributed by atoms with Gasteiger partial charge in [0, 0.05) is 43.2 Å². The first-order valence-electron chi connectivity index (χ1n) is 13.6. The Morgan fingerprint density at radius 3 is 2.77 bits per heavy atom. The Morgan fingerprint density at radius 2 is 2.05 bits per heavy atom. The highest BCUT2D eigenvalue weighted by molar-refractivity contribution is 6.31. The molecule has 3 aliphatic rings. The highest BCUT2D eigenvalue weighted by Gasteiger charge is 2.41. The number of ether oxygens (including phenoxy) is 2. The van der Waals surface area contributed by atoms with Crippen LogP contribution in [0, 0.1) is 17.7 Å². The summed E-state index contributed by atoms with van der Waals surface area (Å²) in [5, 5.41) is 7.61. The average molecular weight is 584 g/mol. The van der Waals surface area contributed by atoms with Gasteiger partial charge in [-0.3, -0.25) is 9.59 Å². The van der Waals surface area contributed by atoms with E-state index in [0.717, 1.165) is 36.4 Å². The van der Waals surface area contributed by atoms with Crippen LogP contribution in [0.5, 0.6) is 5.75 Å². The van der Waals surface area contributed by atoms with E-state index in [1.165, 1.54) is 7.05 Å². The van der Waals surface area contributed by atoms with Gasteiger partial charge in [-0.25, -0.2) is 17.9 Å². The zero-order valence-electron chi connectivity index (χ0n) is 22.5. The molecule has 0 spiro atoms. The molecule has 2 fully saturated rings. The van der Waals surface area contributed by atoms with E-state index in [-0.39, 0.29) is 53.3 Å². The molecule has 0 bridgehead atoms. The van der Waals surface area contributed by atoms with Gasteiger partial charge in [0.2, 0.25) is 11.8 Å². The number of nitrogens with zero attached hydrogens (tertiary/aromatic N) is 5. The number of halogens is 4. The van der Waals surface area contributed by atoms with Gasteiger partial charge in [-0.2, -0.15) is 0 Å². The van der Waals surface area contributed by atoms with Gasteiger partial charge in [-0.15, -0.1) is 5.10 Å². The molecule has 1 aromatic carbocycles. The number of carbonyl (C=O) groups is 2. The van der Waals surface area contributed by atoms with Crippen LogP contribution in [0.2, 0.25) is 5.02 Å². The van der Waals surface area contributed by atoms with E-state index in [4.69, 9.17) is 21.1 Å². The molecule has 9 nitrogen and oxygen atoms in total. The Kier molecular flexibility index (Phi) is 8.55. The average Bonchev–Trinajstić information content (AvgIpc) is 3.30. The van der Waals surface area contributed by atoms with Crippen molar-refractivity contribution in [2.45, 2.75) is 58.1 Å². The predicted octanol–water partition coefficient (Wildman–Crippen LogP) is 4.24. The Bertz CT molecular complexity index is 1280. The van der Waals surface area contributed by atoms with E-state index < -0.39 is 30.6 Å². The number of alkyl halides is 2. The van der Waals surface area contributed by atoms with Gasteiger partial charge in [-0.05, 0) is 36.8 Å². The van der Waals surface area contributed by atoms with Gasteiger partial charge in [0.15, 0.2) is 11.6 Å². The number of hydrogen-bond donors (Lipinski definition) is 0. The number of aryl methyl sites for hydroxylation is 1. The molecule has 1 aromatic heterocycles. The number of aromatic nitrogens is 3. The van der Waals surface area contributed by atoms with Crippen molar-refractivity contribution in [3.63, 3.8) is 0 Å². The van der Waals surface area contributed by atoms with E-state index in [1.54, 1.807) is 9.80 Å². The number of fused-ring (bicyclic) bond motifs is 1. The number of rotatable bonds is 7. The molecule has 3 heterocycles. The van der Waals surface area contributed by atoms with Gasteiger partial charge in [0.1, 0.15) is 24.6 Å². The SMILES string of the molecule is C[C@H]1CCCC[C@H]1C(=O)N1CCc2c(Cl)cc(F)c(OCc3nnn(C)c3C(F)F)c2[C@H]1CN1CCOCC1=O. The molecule has 0 unspecified atom stereocenters. The van der Waals surface area contributed by atoms with Crippen LogP contribution in [0.4, 0.5) is 13.2 Å². The third-order valence-corrected chi connectivity index (χ3v) is 8.67. The molecule has 1 saturated heterocycles. The summed E-state index contributed by atoms with van der Waals surface area (Å²) in [5.41, 5.74) is 0.412. The predicted molar refractivity (Wildman–Crippen MR) is 138 cm³/mol. The minimum absolute atomic E-state index is 0.0381. The van der Waals surface area contributed by atoms with Crippen LogP contribution in [0.25, 0.3) is 0 Å². The van der Waals surface area contributed by atoms with Crippen molar-refractivity contribution in [2.24, 2.45) is 18.9 Å². The van der Waals surface area contributed by atoms with E-state index in [2.05, 4.69) is 17.2 Å². The maximum absolute atomic E-state index is 15.6. The summed E-state index contributed by atoms with van der Waals surface area (Å²) in [6, 6.07) is 0.393. The number of benzene rings is 1. The van der Waals surface area contributed by atoms with Crippen molar-refractivity contribution in [2.75, 3.05) is 32.8 Å². The third-order valence-electron chi connectivity index (χ3n) is 8.33. The van der Waals surface area contributed by atoms with Crippen LogP contribution in [0.1, 0.15) is 67.6 Å². The monoisotopic (exact) mass is 583 g/mol. The second-order valence-electron chi connectivity index (χ2n) is 10.8. The lowest BCUT2D eigenvalue weighted by molar-refractivity contribution is -0.148. The number of morpholine rings is 1. The normalized spacial score (nSPS) is 23.5. The summed E-state index contributed by atoms with van der Waals surface area (Å²) in [6.45, 7) is 2.65. The Labute approximate surface area is 235 Å². The lowest BCUT2D eigenvalue weighted by Gasteiger charge is -2.44. The minimum atomic E-state index is -2.85. The molecular formula is C27H33ClF3N5O4. The lowest BCUT2D eigenvalue weighted by atomic mass is 9.78. The molecule has 0 N–H and O–H groups in total. The van der Waals surface area contributed by atoms with Gasteiger partial charge < -0.3 is 19.3 Å². The molecule has 5 rings (SSSR count). The highest BCUT2D eigenvalue weighted by atomic mass is 35.5. The Morgan fingerprint density at radius 1 is 1.27 bits per heavy atom. The van der Waals surface area contributed by atoms with Crippen molar-refractivity contribution < 1.29 is 32.2 Å². The van der Waals surface area contributed by atoms with Crippen LogP contribution in [-0.4, -0.2) is 69.5 Å². The topological polar surface area (TPSA) is 89.8 Å². The standard InChI is InChI=1S/C27H33ClF3N5O4/c1-15-5-3-4-6-16(15)27(38)36-8-7-17-18(28)11-19(29)25(40-13-20-24(26(30)31)34(2)33-32-20)23(17)21(36)12-35-9-10-39-14-22(35)37/h11,15-16,21,26H,3-10,12-14H2,1-2H3/t15-,16+,21+/m0/s1. The molecule has 218 valence electrons. The highest BCUT2D eigenvalue weighted by Crippen LogP contribution is 2.44. The Hall–Kier alpha value is -2.86. The second kappa shape index (κ2) is 11.9. The van der Waals surface area contributed by atoms with Gasteiger partial charge in [0.25, 0.3) is 6.43 Å². The van der Waals surface area contributed by atoms with Crippen molar-refractivity contribution in [3.8, 4) is 5.75 Å². The van der Waals surface area contributed by atoms with Crippen molar-refractivity contribution in [1.82, 2.24) is 24.8 Å². The zero-order valence-corrected chi connectivity index (χ0v) is 23.3. The molecule has 0 radical (unpaired) electrons. The first kappa shape index (κ1) is 28.7. The van der Waals surface area contributed by atoms with Gasteiger partial charge in [-0.1, -0.05) is 36.6 Å². The van der Waals surface area contributed by atoms with Crippen LogP contribution < -0.4 is 4.74 Å². The molecule has 13 heteroatoms. The van der Waals surface area contributed by atoms with Crippen molar-refractivity contribution in [3.05, 3.63) is 39.4 Å². The molecule has 2 aliphatic heterocycles. The second-order valence-corrected chi connectivity index (χ2v) is 11.2. The molecule has 1 aliphatic carbocycles. The maximum atomic E-state index is 15.6. The summed E-state index contributed by atoms with van der Waals surface area (Å²) in [4.78, 5) is 30.1. The molecular weight excluding hydrogens is 551 g/mol. The summed E-state index contributed by atoms with van der Waals surface area (Å²) >= 11 is 6.52. The summed E-state index contributed by atoms with van der Waals surface area (Å²) in [5.74, 6) is -1.23. The summed E-state index contributed by atoms with van der Waals surface area (Å²) in [6.07, 6.45) is 1.25. The fraction of sp³-hybridized carbons (Fsp3) is 0.630. The summed E-state index contributed by atoms with van der Waals surface area (Å²) < 4.78 is 54.9. The number of carbonyl (C=O) groups excluding carboxylic acids is 2. The first-order chi connectivity index (χ1) is 19.2. The fourth-order valence-corrected chi connectivity index (χ4v) is 6.47. The van der Waals surface area contributed by atoms with Gasteiger partial charge >= 0.3 is 0 Å². The van der Waals surface area contributed by atoms with Crippen LogP contribution >= 0.6 is 11.6 Å². The van der Waals surface area contributed by atoms with E-state index in [0.29, 0.717) is 37.2 Å². The Balaban J connectivity index is 1.55. The van der Waals surface area contributed by atoms with E-state index in [1.807, 2.05) is 0 Å². The molecule has 3 atom stereocenters. The van der Waals surface area contributed by atoms with Gasteiger partial charge in [0.05, 0.1) is 12.6 Å². The quantitative estimate of drug-likeness (QED) is 0.485. The molecule has 2 amide bonds. The van der Waals surface area contributed by atoms with E-state index >= 15 is 4.39 Å². The molecule has 40 heavy (non-hydrogen) atoms. The largest absolute Gasteiger partial charge is 0.484 e. The molecule has 2 aromatic rings. The van der Waals surface area contributed by atoms with Crippen LogP contribution in [0.15, 0.2) is 6.07 Å². The first-order valence-corrected chi connectivity index (χ1v) is 14.0. The maximum Gasteiger partial charge on any atom is 0.282 e. The smallest absolute Gasteiger partial charge is 0.282 e. The fourth-order valence-electron chi connectivity index (χ4n) is 6.18. The van der Waals surface area contributed by atoms with E-state index in [9.17, 15) is 18.4 Å². The zero-order chi connectivity index (χ0) is 28.6. The molecule has 1 saturated carbocycles. The number of hydrogen-bond acceptors (Lipinski definition) is 6. The number of amides is 2. The van der Waals surface area contributed by atoms with Crippen molar-refractivity contribution in [1.29, 1.82) is 0 Å². The van der Waals surface area contributed by atoms with Crippen LogP contribution in [-0.2, 0) is 34.4 Å². The summed E-state index contributed by atoms with van der Waals surface area (Å²) in [7, 11) is 1.34. The van der Waals surface area contributed by atoms with Crippen molar-refractivity contribution >= 4 is 23.4 Å². The lowest BCUT2D eigenvalue weighted by Crippen LogP contribution is -2.51. The minimum Gasteiger partial charge on any atom is -0.484 e. The third kappa shape index (κ3) is 5.52. The van der Waals surface area contributed by atoms with Crippen LogP contribution in [0.3, 0.4) is 0 Å².